The largest absolute Gasteiger partial charge is 0.493 e. The Labute approximate surface area is 162 Å². The van der Waals surface area contributed by atoms with Gasteiger partial charge < -0.3 is 14.4 Å². The molecule has 4 heteroatoms. The highest BCUT2D eigenvalue weighted by atomic mass is 16.5. The average Bonchev–Trinajstić information content (AvgIpc) is 3.11. The van der Waals surface area contributed by atoms with Gasteiger partial charge in [0.05, 0.1) is 20.1 Å². The molecule has 3 rings (SSSR count). The molecular formula is C23H28N2O2. The fourth-order valence-electron chi connectivity index (χ4n) is 3.58. The zero-order valence-corrected chi connectivity index (χ0v) is 16.2. The van der Waals surface area contributed by atoms with E-state index in [1.165, 1.54) is 17.0 Å². The highest BCUT2D eigenvalue weighted by molar-refractivity contribution is 5.85. The van der Waals surface area contributed by atoms with Crippen LogP contribution >= 0.6 is 0 Å². The van der Waals surface area contributed by atoms with E-state index in [0.29, 0.717) is 5.92 Å². The van der Waals surface area contributed by atoms with Gasteiger partial charge in [0.2, 0.25) is 0 Å². The van der Waals surface area contributed by atoms with Gasteiger partial charge >= 0.3 is 0 Å². The van der Waals surface area contributed by atoms with Crippen LogP contribution in [-0.2, 0) is 6.42 Å². The number of hydrogen-bond acceptors (Lipinski definition) is 3. The number of methoxy groups -OCH3 is 2. The highest BCUT2D eigenvalue weighted by Gasteiger charge is 2.27. The summed E-state index contributed by atoms with van der Waals surface area (Å²) >= 11 is 0. The summed E-state index contributed by atoms with van der Waals surface area (Å²) in [4.78, 5) is 7.26. The van der Waals surface area contributed by atoms with Crippen molar-refractivity contribution in [2.24, 2.45) is 4.99 Å². The Morgan fingerprint density at radius 1 is 1.11 bits per heavy atom. The van der Waals surface area contributed by atoms with Gasteiger partial charge in [-0.2, -0.15) is 0 Å². The second kappa shape index (κ2) is 9.26. The molecule has 1 heterocycles. The standard InChI is InChI=1S/C23H28N2O2/c1-4-14-25-17-20(19-8-6-5-7-9-19)16-23(25)24-13-12-18-10-11-21(26-2)22(15-18)27-3/h4-11,15,20H,1,12-14,16-17H2,2-3H3. The van der Waals surface area contributed by atoms with Gasteiger partial charge in [-0.25, -0.2) is 0 Å². The van der Waals surface area contributed by atoms with Crippen molar-refractivity contribution < 1.29 is 9.47 Å². The normalized spacial score (nSPS) is 17.9. The Morgan fingerprint density at radius 3 is 2.59 bits per heavy atom. The minimum atomic E-state index is 0.506. The van der Waals surface area contributed by atoms with Gasteiger partial charge in [-0.3, -0.25) is 4.99 Å². The van der Waals surface area contributed by atoms with Crippen LogP contribution in [0.5, 0.6) is 11.5 Å². The summed E-state index contributed by atoms with van der Waals surface area (Å²) in [6.07, 6.45) is 3.82. The van der Waals surface area contributed by atoms with Crippen LogP contribution < -0.4 is 9.47 Å². The summed E-state index contributed by atoms with van der Waals surface area (Å²) in [5.74, 6) is 3.21. The van der Waals surface area contributed by atoms with E-state index in [-0.39, 0.29) is 0 Å². The Morgan fingerprint density at radius 2 is 1.89 bits per heavy atom. The second-order valence-corrected chi connectivity index (χ2v) is 6.74. The zero-order valence-electron chi connectivity index (χ0n) is 16.2. The fourth-order valence-corrected chi connectivity index (χ4v) is 3.58. The number of aliphatic imine (C=N–C) groups is 1. The summed E-state index contributed by atoms with van der Waals surface area (Å²) < 4.78 is 10.7. The Balaban J connectivity index is 1.67. The summed E-state index contributed by atoms with van der Waals surface area (Å²) in [5.41, 5.74) is 2.58. The fraction of sp³-hybridized carbons (Fsp3) is 0.348. The smallest absolute Gasteiger partial charge is 0.160 e. The van der Waals surface area contributed by atoms with Crippen molar-refractivity contribution >= 4 is 5.84 Å². The van der Waals surface area contributed by atoms with Crippen molar-refractivity contribution in [1.82, 2.24) is 4.90 Å². The number of likely N-dealkylation sites (tertiary alicyclic amines) is 1. The van der Waals surface area contributed by atoms with Crippen molar-refractivity contribution in [3.63, 3.8) is 0 Å². The molecule has 1 fully saturated rings. The first-order valence-electron chi connectivity index (χ1n) is 9.40. The number of hydrogen-bond donors (Lipinski definition) is 0. The lowest BCUT2D eigenvalue weighted by atomic mass is 9.98. The third-order valence-electron chi connectivity index (χ3n) is 5.00. The molecule has 142 valence electrons. The van der Waals surface area contributed by atoms with Crippen molar-refractivity contribution in [2.75, 3.05) is 33.9 Å². The molecule has 2 aromatic carbocycles. The van der Waals surface area contributed by atoms with Crippen molar-refractivity contribution in [3.8, 4) is 11.5 Å². The minimum absolute atomic E-state index is 0.506. The lowest BCUT2D eigenvalue weighted by molar-refractivity contribution is 0.354. The first-order chi connectivity index (χ1) is 13.2. The Bertz CT molecular complexity index is 786. The lowest BCUT2D eigenvalue weighted by Gasteiger charge is -2.17. The van der Waals surface area contributed by atoms with Crippen LogP contribution in [0.25, 0.3) is 0 Å². The van der Waals surface area contributed by atoms with E-state index >= 15 is 0 Å². The molecule has 0 aromatic heterocycles. The van der Waals surface area contributed by atoms with Crippen LogP contribution in [0.2, 0.25) is 0 Å². The third kappa shape index (κ3) is 4.70. The quantitative estimate of drug-likeness (QED) is 0.654. The van der Waals surface area contributed by atoms with E-state index < -0.39 is 0 Å². The van der Waals surface area contributed by atoms with Crippen LogP contribution in [0.15, 0.2) is 66.2 Å². The summed E-state index contributed by atoms with van der Waals surface area (Å²) in [7, 11) is 3.32. The number of benzene rings is 2. The second-order valence-electron chi connectivity index (χ2n) is 6.74. The first-order valence-corrected chi connectivity index (χ1v) is 9.40. The Hall–Kier alpha value is -2.75. The van der Waals surface area contributed by atoms with E-state index in [9.17, 15) is 0 Å². The minimum Gasteiger partial charge on any atom is -0.493 e. The predicted octanol–water partition coefficient (Wildman–Crippen LogP) is 4.32. The van der Waals surface area contributed by atoms with Crippen LogP contribution in [0.3, 0.4) is 0 Å². The maximum atomic E-state index is 5.39. The van der Waals surface area contributed by atoms with E-state index in [1.807, 2.05) is 18.2 Å². The molecule has 0 bridgehead atoms. The van der Waals surface area contributed by atoms with E-state index in [1.54, 1.807) is 14.2 Å². The molecule has 2 aromatic rings. The molecule has 0 saturated carbocycles. The SMILES string of the molecule is C=CCN1CC(c2ccccc2)CC1=NCCc1ccc(OC)c(OC)c1. The van der Waals surface area contributed by atoms with Gasteiger partial charge in [-0.15, -0.1) is 6.58 Å². The molecule has 0 amide bonds. The van der Waals surface area contributed by atoms with Gasteiger partial charge in [0.1, 0.15) is 0 Å². The van der Waals surface area contributed by atoms with Crippen LogP contribution in [0.1, 0.15) is 23.5 Å². The monoisotopic (exact) mass is 364 g/mol. The number of rotatable bonds is 8. The highest BCUT2D eigenvalue weighted by Crippen LogP contribution is 2.29. The van der Waals surface area contributed by atoms with Gasteiger partial charge in [0.15, 0.2) is 11.5 Å². The predicted molar refractivity (Wildman–Crippen MR) is 111 cm³/mol. The molecular weight excluding hydrogens is 336 g/mol. The van der Waals surface area contributed by atoms with Gasteiger partial charge in [0.25, 0.3) is 0 Å². The van der Waals surface area contributed by atoms with Crippen molar-refractivity contribution in [1.29, 1.82) is 0 Å². The third-order valence-corrected chi connectivity index (χ3v) is 5.00. The maximum Gasteiger partial charge on any atom is 0.160 e. The molecule has 1 aliphatic rings. The van der Waals surface area contributed by atoms with Crippen LogP contribution in [-0.4, -0.2) is 44.6 Å². The summed E-state index contributed by atoms with van der Waals surface area (Å²) in [6, 6.07) is 16.8. The van der Waals surface area contributed by atoms with Gasteiger partial charge in [-0.05, 0) is 29.7 Å². The molecule has 0 spiro atoms. The number of nitrogens with zero attached hydrogens (tertiary/aromatic N) is 2. The molecule has 0 N–H and O–H groups in total. The van der Waals surface area contributed by atoms with E-state index in [2.05, 4.69) is 47.9 Å². The summed E-state index contributed by atoms with van der Waals surface area (Å²) in [5, 5.41) is 0. The molecule has 0 radical (unpaired) electrons. The Kier molecular flexibility index (Phi) is 6.53. The van der Waals surface area contributed by atoms with Gasteiger partial charge in [-0.1, -0.05) is 42.5 Å². The average molecular weight is 364 g/mol. The van der Waals surface area contributed by atoms with Crippen LogP contribution in [0.4, 0.5) is 0 Å². The number of ether oxygens (including phenoxy) is 2. The molecule has 4 nitrogen and oxygen atoms in total. The molecule has 27 heavy (non-hydrogen) atoms. The van der Waals surface area contributed by atoms with Gasteiger partial charge in [0, 0.05) is 32.0 Å². The zero-order chi connectivity index (χ0) is 19.1. The summed E-state index contributed by atoms with van der Waals surface area (Å²) in [6.45, 7) is 6.51. The molecule has 1 atom stereocenters. The van der Waals surface area contributed by atoms with Crippen molar-refractivity contribution in [2.45, 2.75) is 18.8 Å². The van der Waals surface area contributed by atoms with Crippen molar-refractivity contribution in [3.05, 3.63) is 72.3 Å². The maximum absolute atomic E-state index is 5.39. The van der Waals surface area contributed by atoms with E-state index in [0.717, 1.165) is 44.0 Å². The van der Waals surface area contributed by atoms with E-state index in [4.69, 9.17) is 14.5 Å². The topological polar surface area (TPSA) is 34.1 Å². The molecule has 1 aliphatic heterocycles. The molecule has 1 saturated heterocycles. The first kappa shape index (κ1) is 19.0. The lowest BCUT2D eigenvalue weighted by Crippen LogP contribution is -2.25. The number of amidine groups is 1. The molecule has 0 aliphatic carbocycles. The molecule has 1 unspecified atom stereocenters. The van der Waals surface area contributed by atoms with Crippen LogP contribution in [0, 0.1) is 0 Å².